The van der Waals surface area contributed by atoms with Crippen LogP contribution in [0, 0.1) is 5.92 Å². The van der Waals surface area contributed by atoms with Crippen LogP contribution < -0.4 is 5.32 Å². The summed E-state index contributed by atoms with van der Waals surface area (Å²) in [6.45, 7) is 0.822. The second-order valence-corrected chi connectivity index (χ2v) is 9.36. The van der Waals surface area contributed by atoms with Crippen LogP contribution in [0.4, 0.5) is 27.8 Å². The molecule has 2 atom stereocenters. The number of amides is 1. The van der Waals surface area contributed by atoms with Gasteiger partial charge in [-0.1, -0.05) is 30.7 Å². The molecule has 1 saturated heterocycles. The van der Waals surface area contributed by atoms with E-state index in [-0.39, 0.29) is 18.1 Å². The molecule has 12 heteroatoms. The number of anilines is 1. The van der Waals surface area contributed by atoms with Crippen molar-refractivity contribution in [3.05, 3.63) is 65.1 Å². The monoisotopic (exact) mass is 527 g/mol. The Labute approximate surface area is 209 Å². The zero-order valence-corrected chi connectivity index (χ0v) is 20.1. The molecule has 3 aromatic rings. The summed E-state index contributed by atoms with van der Waals surface area (Å²) in [6.07, 6.45) is -2.64. The van der Waals surface area contributed by atoms with E-state index in [9.17, 15) is 26.7 Å². The second-order valence-electron chi connectivity index (χ2n) is 8.92. The van der Waals surface area contributed by atoms with Crippen LogP contribution in [0.15, 0.2) is 48.8 Å². The van der Waals surface area contributed by atoms with Crippen LogP contribution in [-0.4, -0.2) is 50.6 Å². The van der Waals surface area contributed by atoms with Crippen LogP contribution in [0.5, 0.6) is 0 Å². The van der Waals surface area contributed by atoms with Crippen molar-refractivity contribution in [3.8, 4) is 11.1 Å². The molecule has 0 aliphatic carbocycles. The molecule has 0 radical (unpaired) electrons. The molecule has 1 fully saturated rings. The van der Waals surface area contributed by atoms with Crippen molar-refractivity contribution in [2.45, 2.75) is 31.5 Å². The van der Waals surface area contributed by atoms with Gasteiger partial charge >= 0.3 is 6.18 Å². The molecule has 0 unspecified atom stereocenters. The van der Waals surface area contributed by atoms with Crippen molar-refractivity contribution in [1.82, 2.24) is 19.7 Å². The molecule has 0 spiro atoms. The van der Waals surface area contributed by atoms with Crippen molar-refractivity contribution < 1.29 is 26.7 Å². The van der Waals surface area contributed by atoms with E-state index < -0.39 is 48.5 Å². The lowest BCUT2D eigenvalue weighted by atomic mass is 9.88. The van der Waals surface area contributed by atoms with Gasteiger partial charge in [-0.05, 0) is 35.7 Å². The average Bonchev–Trinajstić information content (AvgIpc) is 3.19. The van der Waals surface area contributed by atoms with Gasteiger partial charge in [0, 0.05) is 43.0 Å². The number of alkyl halides is 5. The minimum Gasteiger partial charge on any atom is -0.368 e. The number of carbonyl (C=O) groups is 1. The number of rotatable bonds is 5. The Morgan fingerprint density at radius 2 is 1.89 bits per heavy atom. The zero-order chi connectivity index (χ0) is 26.3. The van der Waals surface area contributed by atoms with Gasteiger partial charge in [-0.25, -0.2) is 13.8 Å². The smallest absolute Gasteiger partial charge is 0.368 e. The molecule has 1 aliphatic rings. The molecule has 1 aromatic carbocycles. The number of aryl methyl sites for hydroxylation is 1. The van der Waals surface area contributed by atoms with Gasteiger partial charge in [0.1, 0.15) is 5.82 Å². The topological polar surface area (TPSA) is 63.1 Å². The quantitative estimate of drug-likeness (QED) is 0.429. The van der Waals surface area contributed by atoms with E-state index in [4.69, 9.17) is 11.6 Å². The lowest BCUT2D eigenvalue weighted by Crippen LogP contribution is -2.57. The van der Waals surface area contributed by atoms with Crippen molar-refractivity contribution in [2.24, 2.45) is 13.0 Å². The number of benzene rings is 1. The average molecular weight is 528 g/mol. The first kappa shape index (κ1) is 25.9. The Morgan fingerprint density at radius 3 is 2.50 bits per heavy atom. The molecule has 4 rings (SSSR count). The van der Waals surface area contributed by atoms with Crippen LogP contribution in [0.1, 0.15) is 29.4 Å². The van der Waals surface area contributed by atoms with E-state index in [0.717, 1.165) is 17.0 Å². The number of pyridine rings is 1. The summed E-state index contributed by atoms with van der Waals surface area (Å²) in [5.41, 5.74) is 0.232. The first-order valence-electron chi connectivity index (χ1n) is 11.1. The van der Waals surface area contributed by atoms with Crippen molar-refractivity contribution in [1.29, 1.82) is 0 Å². The van der Waals surface area contributed by atoms with Crippen molar-refractivity contribution in [2.75, 3.05) is 18.4 Å². The number of hydrogen-bond donors (Lipinski definition) is 1. The maximum absolute atomic E-state index is 14.6. The summed E-state index contributed by atoms with van der Waals surface area (Å²) in [5, 5.41) is 7.64. The molecule has 6 nitrogen and oxygen atoms in total. The van der Waals surface area contributed by atoms with E-state index in [1.165, 1.54) is 4.68 Å². The van der Waals surface area contributed by atoms with Crippen LogP contribution in [0.2, 0.25) is 5.02 Å². The highest BCUT2D eigenvalue weighted by atomic mass is 35.5. The molecule has 0 saturated carbocycles. The Morgan fingerprint density at radius 1 is 1.19 bits per heavy atom. The van der Waals surface area contributed by atoms with Gasteiger partial charge < -0.3 is 10.2 Å². The SMILES string of the molecule is C[C@@H]1CC(F)(F)CN(C(=O)c2nn(C)cc2-c2ccc(Cl)cc2)[C@@H]1CNc1ccc(C(F)(F)F)cn1. The number of nitrogens with zero attached hydrogens (tertiary/aromatic N) is 4. The van der Waals surface area contributed by atoms with Crippen LogP contribution in [0.25, 0.3) is 11.1 Å². The molecule has 3 heterocycles. The summed E-state index contributed by atoms with van der Waals surface area (Å²) in [7, 11) is 1.62. The summed E-state index contributed by atoms with van der Waals surface area (Å²) in [6, 6.07) is 8.08. The van der Waals surface area contributed by atoms with E-state index in [1.54, 1.807) is 44.4 Å². The van der Waals surface area contributed by atoms with Crippen molar-refractivity contribution in [3.63, 3.8) is 0 Å². The third kappa shape index (κ3) is 5.61. The first-order valence-corrected chi connectivity index (χ1v) is 11.5. The molecule has 192 valence electrons. The Bertz CT molecular complexity index is 1230. The maximum atomic E-state index is 14.6. The number of likely N-dealkylation sites (tertiary alicyclic amines) is 1. The van der Waals surface area contributed by atoms with Gasteiger partial charge in [-0.3, -0.25) is 9.48 Å². The summed E-state index contributed by atoms with van der Waals surface area (Å²) >= 11 is 5.96. The number of carbonyl (C=O) groups excluding carboxylic acids is 1. The van der Waals surface area contributed by atoms with E-state index >= 15 is 0 Å². The summed E-state index contributed by atoms with van der Waals surface area (Å²) in [4.78, 5) is 18.5. The fraction of sp³-hybridized carbons (Fsp3) is 0.375. The highest BCUT2D eigenvalue weighted by Gasteiger charge is 2.46. The number of aromatic nitrogens is 3. The minimum atomic E-state index is -4.53. The fourth-order valence-electron chi connectivity index (χ4n) is 4.38. The number of piperidine rings is 1. The van der Waals surface area contributed by atoms with Crippen LogP contribution >= 0.6 is 11.6 Å². The predicted octanol–water partition coefficient (Wildman–Crippen LogP) is 5.75. The lowest BCUT2D eigenvalue weighted by molar-refractivity contribution is -0.137. The van der Waals surface area contributed by atoms with E-state index in [0.29, 0.717) is 22.3 Å². The van der Waals surface area contributed by atoms with Gasteiger partial charge in [0.25, 0.3) is 11.8 Å². The molecule has 36 heavy (non-hydrogen) atoms. The number of hydrogen-bond acceptors (Lipinski definition) is 4. The third-order valence-corrected chi connectivity index (χ3v) is 6.36. The van der Waals surface area contributed by atoms with Crippen molar-refractivity contribution >= 4 is 23.3 Å². The lowest BCUT2D eigenvalue weighted by Gasteiger charge is -2.43. The molecule has 0 bridgehead atoms. The predicted molar refractivity (Wildman–Crippen MR) is 125 cm³/mol. The summed E-state index contributed by atoms with van der Waals surface area (Å²) < 4.78 is 69.0. The molecule has 2 aromatic heterocycles. The molecular formula is C24H23ClF5N5O. The molecular weight excluding hydrogens is 505 g/mol. The van der Waals surface area contributed by atoms with Gasteiger partial charge in [0.2, 0.25) is 0 Å². The van der Waals surface area contributed by atoms with Crippen LogP contribution in [-0.2, 0) is 13.2 Å². The summed E-state index contributed by atoms with van der Waals surface area (Å²) in [5.74, 6) is -4.24. The van der Waals surface area contributed by atoms with Gasteiger partial charge in [0.15, 0.2) is 5.69 Å². The third-order valence-electron chi connectivity index (χ3n) is 6.11. The molecule has 1 N–H and O–H groups in total. The minimum absolute atomic E-state index is 0.0161. The highest BCUT2D eigenvalue weighted by Crippen LogP contribution is 2.36. The largest absolute Gasteiger partial charge is 0.417 e. The normalized spacial score (nSPS) is 19.8. The second kappa shape index (κ2) is 9.68. The van der Waals surface area contributed by atoms with E-state index in [2.05, 4.69) is 15.4 Å². The number of nitrogens with one attached hydrogen (secondary N) is 1. The Balaban J connectivity index is 1.60. The highest BCUT2D eigenvalue weighted by molar-refractivity contribution is 6.30. The fourth-order valence-corrected chi connectivity index (χ4v) is 4.50. The first-order chi connectivity index (χ1) is 16.8. The van der Waals surface area contributed by atoms with E-state index in [1.807, 2.05) is 0 Å². The standard InChI is InChI=1S/C24H23ClF5N5O/c1-14-9-23(26,27)13-35(19(14)11-32-20-8-5-16(10-31-20)24(28,29)30)22(36)21-18(12-34(2)33-21)15-3-6-17(25)7-4-15/h3-8,10,12,14,19H,9,11,13H2,1-2H3,(H,31,32)/t14-,19-/m1/s1. The Hall–Kier alpha value is -3.21. The Kier molecular flexibility index (Phi) is 6.96. The molecule has 1 amide bonds. The van der Waals surface area contributed by atoms with Gasteiger partial charge in [0.05, 0.1) is 18.2 Å². The number of halogens is 6. The van der Waals surface area contributed by atoms with Gasteiger partial charge in [-0.15, -0.1) is 0 Å². The van der Waals surface area contributed by atoms with Gasteiger partial charge in [-0.2, -0.15) is 18.3 Å². The zero-order valence-electron chi connectivity index (χ0n) is 19.4. The maximum Gasteiger partial charge on any atom is 0.417 e. The molecule has 1 aliphatic heterocycles. The van der Waals surface area contributed by atoms with Crippen LogP contribution in [0.3, 0.4) is 0 Å².